The predicted molar refractivity (Wildman–Crippen MR) is 75.8 cm³/mol. The number of hydrogen-bond donors (Lipinski definition) is 1. The molecule has 112 valence electrons. The van der Waals surface area contributed by atoms with E-state index in [1.807, 2.05) is 46.6 Å². The molecule has 0 heterocycles. The van der Waals surface area contributed by atoms with Gasteiger partial charge < -0.3 is 10.1 Å². The summed E-state index contributed by atoms with van der Waals surface area (Å²) >= 11 is 0. The van der Waals surface area contributed by atoms with Crippen molar-refractivity contribution >= 4 is 11.9 Å². The number of ether oxygens (including phenoxy) is 1. The van der Waals surface area contributed by atoms with Gasteiger partial charge >= 0.3 is 5.97 Å². The highest BCUT2D eigenvalue weighted by Crippen LogP contribution is 2.08. The summed E-state index contributed by atoms with van der Waals surface area (Å²) in [6.45, 7) is 11.1. The van der Waals surface area contributed by atoms with Crippen LogP contribution in [0.1, 0.15) is 41.0 Å². The van der Waals surface area contributed by atoms with Gasteiger partial charge in [0.15, 0.2) is 0 Å². The van der Waals surface area contributed by atoms with Crippen LogP contribution >= 0.6 is 0 Å². The molecule has 5 nitrogen and oxygen atoms in total. The zero-order valence-corrected chi connectivity index (χ0v) is 13.1. The number of nitrogens with zero attached hydrogens (tertiary/aromatic N) is 1. The van der Waals surface area contributed by atoms with Crippen molar-refractivity contribution in [3.63, 3.8) is 0 Å². The van der Waals surface area contributed by atoms with E-state index >= 15 is 0 Å². The summed E-state index contributed by atoms with van der Waals surface area (Å²) in [6, 6.07) is 0. The van der Waals surface area contributed by atoms with Crippen LogP contribution in [0.5, 0.6) is 0 Å². The number of amides is 1. The number of likely N-dealkylation sites (N-methyl/N-ethyl adjacent to an activating group) is 1. The lowest BCUT2D eigenvalue weighted by molar-refractivity contribution is -0.155. The van der Waals surface area contributed by atoms with Crippen LogP contribution < -0.4 is 5.32 Å². The highest BCUT2D eigenvalue weighted by Gasteiger charge is 2.16. The molecular formula is C14H28N2O3. The van der Waals surface area contributed by atoms with E-state index in [0.717, 1.165) is 0 Å². The fourth-order valence-corrected chi connectivity index (χ4v) is 1.37. The van der Waals surface area contributed by atoms with Crippen molar-refractivity contribution in [3.05, 3.63) is 0 Å². The second kappa shape index (κ2) is 8.15. The maximum atomic E-state index is 11.6. The third-order valence-corrected chi connectivity index (χ3v) is 2.24. The fourth-order valence-electron chi connectivity index (χ4n) is 1.37. The first-order chi connectivity index (χ1) is 8.60. The Bertz CT molecular complexity index is 296. The van der Waals surface area contributed by atoms with E-state index in [0.29, 0.717) is 32.0 Å². The van der Waals surface area contributed by atoms with Crippen LogP contribution in [0.15, 0.2) is 0 Å². The lowest BCUT2D eigenvalue weighted by Crippen LogP contribution is -2.38. The molecule has 0 saturated heterocycles. The van der Waals surface area contributed by atoms with E-state index in [4.69, 9.17) is 4.74 Å². The van der Waals surface area contributed by atoms with E-state index in [1.54, 1.807) is 0 Å². The number of hydrogen-bond acceptors (Lipinski definition) is 4. The van der Waals surface area contributed by atoms with Gasteiger partial charge in [-0.25, -0.2) is 0 Å². The van der Waals surface area contributed by atoms with Gasteiger partial charge in [0.05, 0.1) is 13.0 Å². The van der Waals surface area contributed by atoms with Crippen molar-refractivity contribution in [3.8, 4) is 0 Å². The van der Waals surface area contributed by atoms with Gasteiger partial charge in [0.25, 0.3) is 0 Å². The quantitative estimate of drug-likeness (QED) is 0.712. The monoisotopic (exact) mass is 272 g/mol. The van der Waals surface area contributed by atoms with Gasteiger partial charge in [-0.2, -0.15) is 0 Å². The molecule has 0 rings (SSSR count). The third kappa shape index (κ3) is 11.7. The summed E-state index contributed by atoms with van der Waals surface area (Å²) in [6.07, 6.45) is 0.297. The normalized spacial score (nSPS) is 11.8. The molecule has 0 saturated carbocycles. The Morgan fingerprint density at radius 3 is 2.32 bits per heavy atom. The van der Waals surface area contributed by atoms with Crippen LogP contribution in [0.3, 0.4) is 0 Å². The van der Waals surface area contributed by atoms with Gasteiger partial charge in [-0.1, -0.05) is 13.8 Å². The van der Waals surface area contributed by atoms with Crippen LogP contribution in [0.2, 0.25) is 0 Å². The molecule has 1 N–H and O–H groups in total. The summed E-state index contributed by atoms with van der Waals surface area (Å²) in [7, 11) is 1.82. The molecule has 0 atom stereocenters. The van der Waals surface area contributed by atoms with E-state index in [9.17, 15) is 9.59 Å². The van der Waals surface area contributed by atoms with Crippen molar-refractivity contribution < 1.29 is 14.3 Å². The highest BCUT2D eigenvalue weighted by atomic mass is 16.6. The van der Waals surface area contributed by atoms with Crippen molar-refractivity contribution in [2.45, 2.75) is 46.6 Å². The van der Waals surface area contributed by atoms with Gasteiger partial charge in [-0.05, 0) is 33.7 Å². The van der Waals surface area contributed by atoms with Gasteiger partial charge in [-0.3, -0.25) is 14.5 Å². The molecule has 0 spiro atoms. The Kier molecular flexibility index (Phi) is 7.68. The zero-order valence-electron chi connectivity index (χ0n) is 13.1. The molecule has 5 heteroatoms. The average Bonchev–Trinajstić information content (AvgIpc) is 2.21. The molecule has 0 aromatic rings. The van der Waals surface area contributed by atoms with Gasteiger partial charge in [0, 0.05) is 13.1 Å². The molecule has 0 aromatic heterocycles. The Balaban J connectivity index is 3.83. The Hall–Kier alpha value is -1.10. The van der Waals surface area contributed by atoms with Crippen molar-refractivity contribution in [1.82, 2.24) is 10.2 Å². The first-order valence-electron chi connectivity index (χ1n) is 6.77. The second-order valence-corrected chi connectivity index (χ2v) is 6.27. The highest BCUT2D eigenvalue weighted by molar-refractivity contribution is 5.78. The molecule has 0 aliphatic rings. The largest absolute Gasteiger partial charge is 0.460 e. The number of nitrogens with one attached hydrogen (secondary N) is 1. The number of rotatable bonds is 7. The molecule has 0 unspecified atom stereocenters. The summed E-state index contributed by atoms with van der Waals surface area (Å²) in [5, 5.41) is 2.84. The minimum Gasteiger partial charge on any atom is -0.460 e. The minimum atomic E-state index is -0.454. The first kappa shape index (κ1) is 17.9. The van der Waals surface area contributed by atoms with Crippen LogP contribution in [0.25, 0.3) is 0 Å². The Labute approximate surface area is 116 Å². The van der Waals surface area contributed by atoms with Crippen LogP contribution in [-0.4, -0.2) is 49.1 Å². The number of carbonyl (C=O) groups excluding carboxylic acids is 2. The molecule has 0 fully saturated rings. The molecule has 0 aliphatic heterocycles. The van der Waals surface area contributed by atoms with Gasteiger partial charge in [0.2, 0.25) is 5.91 Å². The van der Waals surface area contributed by atoms with Crippen molar-refractivity contribution in [2.75, 3.05) is 26.7 Å². The minimum absolute atomic E-state index is 0.0135. The summed E-state index contributed by atoms with van der Waals surface area (Å²) in [4.78, 5) is 24.9. The maximum Gasteiger partial charge on any atom is 0.307 e. The average molecular weight is 272 g/mol. The molecule has 0 aromatic carbocycles. The van der Waals surface area contributed by atoms with Crippen molar-refractivity contribution in [2.24, 2.45) is 5.92 Å². The summed E-state index contributed by atoms with van der Waals surface area (Å²) in [5.41, 5.74) is -0.454. The molecule has 0 radical (unpaired) electrons. The van der Waals surface area contributed by atoms with Crippen LogP contribution in [0, 0.1) is 5.92 Å². The molecular weight excluding hydrogens is 244 g/mol. The van der Waals surface area contributed by atoms with E-state index < -0.39 is 5.60 Å². The third-order valence-electron chi connectivity index (χ3n) is 2.24. The molecule has 0 bridgehead atoms. The van der Waals surface area contributed by atoms with Gasteiger partial charge in [-0.15, -0.1) is 0 Å². The fraction of sp³-hybridized carbons (Fsp3) is 0.857. The predicted octanol–water partition coefficient (Wildman–Crippen LogP) is 1.42. The lowest BCUT2D eigenvalue weighted by Gasteiger charge is -2.21. The lowest BCUT2D eigenvalue weighted by atomic mass is 10.2. The molecule has 0 aliphatic carbocycles. The summed E-state index contributed by atoms with van der Waals surface area (Å²) in [5.74, 6) is 0.193. The molecule has 1 amide bonds. The zero-order chi connectivity index (χ0) is 15.1. The van der Waals surface area contributed by atoms with Crippen molar-refractivity contribution in [1.29, 1.82) is 0 Å². The smallest absolute Gasteiger partial charge is 0.307 e. The van der Waals surface area contributed by atoms with E-state index in [1.165, 1.54) is 0 Å². The number of carbonyl (C=O) groups is 2. The maximum absolute atomic E-state index is 11.6. The molecule has 19 heavy (non-hydrogen) atoms. The van der Waals surface area contributed by atoms with Crippen LogP contribution in [-0.2, 0) is 14.3 Å². The SMILES string of the molecule is CC(C)CNC(=O)CN(C)CCC(=O)OC(C)(C)C. The second-order valence-electron chi connectivity index (χ2n) is 6.27. The standard InChI is InChI=1S/C14H28N2O3/c1-11(2)9-15-12(17)10-16(6)8-7-13(18)19-14(3,4)5/h11H,7-10H2,1-6H3,(H,15,17). The number of esters is 1. The topological polar surface area (TPSA) is 58.6 Å². The summed E-state index contributed by atoms with van der Waals surface area (Å²) < 4.78 is 5.21. The van der Waals surface area contributed by atoms with E-state index in [2.05, 4.69) is 5.32 Å². The van der Waals surface area contributed by atoms with E-state index in [-0.39, 0.29) is 11.9 Å². The first-order valence-corrected chi connectivity index (χ1v) is 6.77. The van der Waals surface area contributed by atoms with Gasteiger partial charge in [0.1, 0.15) is 5.60 Å². The Morgan fingerprint density at radius 2 is 1.84 bits per heavy atom. The Morgan fingerprint density at radius 1 is 1.26 bits per heavy atom. The van der Waals surface area contributed by atoms with Crippen LogP contribution in [0.4, 0.5) is 0 Å².